The molecule has 28 heavy (non-hydrogen) atoms. The molecule has 2 N–H and O–H groups in total. The van der Waals surface area contributed by atoms with Crippen LogP contribution in [0.4, 0.5) is 17.2 Å². The fourth-order valence-electron chi connectivity index (χ4n) is 2.62. The Kier molecular flexibility index (Phi) is 5.96. The van der Waals surface area contributed by atoms with Crippen molar-refractivity contribution < 1.29 is 9.59 Å². The van der Waals surface area contributed by atoms with Crippen molar-refractivity contribution >= 4 is 29.0 Å². The molecule has 0 aliphatic carbocycles. The van der Waals surface area contributed by atoms with Crippen LogP contribution < -0.4 is 10.6 Å². The van der Waals surface area contributed by atoms with Crippen molar-refractivity contribution in [2.75, 3.05) is 17.7 Å². The smallest absolute Gasteiger partial charge is 0.274 e. The fraction of sp³-hybridized carbons (Fsp3) is 0.143. The van der Waals surface area contributed by atoms with E-state index in [1.54, 1.807) is 24.1 Å². The van der Waals surface area contributed by atoms with Gasteiger partial charge < -0.3 is 15.5 Å². The zero-order valence-electron chi connectivity index (χ0n) is 15.7. The highest BCUT2D eigenvalue weighted by Gasteiger charge is 2.14. The normalized spacial score (nSPS) is 10.2. The van der Waals surface area contributed by atoms with Crippen LogP contribution in [0.5, 0.6) is 0 Å². The number of benzene rings is 2. The number of nitrogens with zero attached hydrogens (tertiary/aromatic N) is 3. The van der Waals surface area contributed by atoms with Crippen LogP contribution in [0, 0.1) is 0 Å². The zero-order valence-corrected chi connectivity index (χ0v) is 15.7. The van der Waals surface area contributed by atoms with Gasteiger partial charge in [0.15, 0.2) is 0 Å². The van der Waals surface area contributed by atoms with Gasteiger partial charge in [-0.3, -0.25) is 9.59 Å². The first-order valence-electron chi connectivity index (χ1n) is 8.77. The molecule has 0 fully saturated rings. The van der Waals surface area contributed by atoms with E-state index in [0.29, 0.717) is 18.1 Å². The standard InChI is InChI=1S/C21H21N5O2/c1-15(27)24-17-8-10-18(11-9-17)25-20-13-22-19(12-23-20)21(28)26(2)14-16-6-4-3-5-7-16/h3-13H,14H2,1-2H3,(H,23,25)(H,24,27). The number of nitrogens with one attached hydrogen (secondary N) is 2. The molecule has 1 aromatic heterocycles. The number of aromatic nitrogens is 2. The molecule has 7 nitrogen and oxygen atoms in total. The Balaban J connectivity index is 1.61. The molecule has 142 valence electrons. The van der Waals surface area contributed by atoms with Crippen molar-refractivity contribution in [3.8, 4) is 0 Å². The highest BCUT2D eigenvalue weighted by atomic mass is 16.2. The van der Waals surface area contributed by atoms with Crippen molar-refractivity contribution in [2.45, 2.75) is 13.5 Å². The highest BCUT2D eigenvalue weighted by Crippen LogP contribution is 2.17. The summed E-state index contributed by atoms with van der Waals surface area (Å²) in [6.07, 6.45) is 2.98. The summed E-state index contributed by atoms with van der Waals surface area (Å²) < 4.78 is 0. The van der Waals surface area contributed by atoms with E-state index in [-0.39, 0.29) is 17.5 Å². The highest BCUT2D eigenvalue weighted by molar-refractivity contribution is 5.92. The van der Waals surface area contributed by atoms with E-state index in [1.165, 1.54) is 19.3 Å². The third kappa shape index (κ3) is 5.14. The van der Waals surface area contributed by atoms with E-state index in [1.807, 2.05) is 42.5 Å². The third-order valence-electron chi connectivity index (χ3n) is 3.96. The Labute approximate surface area is 163 Å². The van der Waals surface area contributed by atoms with Crippen LogP contribution in [0.1, 0.15) is 23.0 Å². The van der Waals surface area contributed by atoms with E-state index < -0.39 is 0 Å². The Bertz CT molecular complexity index is 941. The lowest BCUT2D eigenvalue weighted by Crippen LogP contribution is -2.27. The first-order valence-corrected chi connectivity index (χ1v) is 8.77. The predicted molar refractivity (Wildman–Crippen MR) is 108 cm³/mol. The van der Waals surface area contributed by atoms with E-state index >= 15 is 0 Å². The Hall–Kier alpha value is -3.74. The van der Waals surface area contributed by atoms with Crippen molar-refractivity contribution in [1.82, 2.24) is 14.9 Å². The molecule has 2 aromatic carbocycles. The van der Waals surface area contributed by atoms with E-state index in [4.69, 9.17) is 0 Å². The summed E-state index contributed by atoms with van der Waals surface area (Å²) in [6.45, 7) is 1.96. The van der Waals surface area contributed by atoms with Crippen molar-refractivity contribution in [1.29, 1.82) is 0 Å². The summed E-state index contributed by atoms with van der Waals surface area (Å²) in [5.74, 6) is 0.209. The molecular weight excluding hydrogens is 354 g/mol. The maximum atomic E-state index is 12.5. The fourth-order valence-corrected chi connectivity index (χ4v) is 2.62. The molecule has 0 aliphatic heterocycles. The lowest BCUT2D eigenvalue weighted by Gasteiger charge is -2.16. The first kappa shape index (κ1) is 19.0. The van der Waals surface area contributed by atoms with Gasteiger partial charge in [-0.15, -0.1) is 0 Å². The molecule has 3 rings (SSSR count). The SMILES string of the molecule is CC(=O)Nc1ccc(Nc2cnc(C(=O)N(C)Cc3ccccc3)cn2)cc1. The molecule has 0 saturated carbocycles. The zero-order chi connectivity index (χ0) is 19.9. The van der Waals surface area contributed by atoms with Crippen molar-refractivity contribution in [2.24, 2.45) is 0 Å². The quantitative estimate of drug-likeness (QED) is 0.689. The van der Waals surface area contributed by atoms with Gasteiger partial charge in [-0.25, -0.2) is 9.97 Å². The maximum absolute atomic E-state index is 12.5. The summed E-state index contributed by atoms with van der Waals surface area (Å²) in [7, 11) is 1.74. The minimum absolute atomic E-state index is 0.121. The average Bonchev–Trinajstić information content (AvgIpc) is 2.70. The number of hydrogen-bond donors (Lipinski definition) is 2. The van der Waals surface area contributed by atoms with Crippen LogP contribution in [0.3, 0.4) is 0 Å². The molecule has 7 heteroatoms. The number of anilines is 3. The van der Waals surface area contributed by atoms with Gasteiger partial charge in [-0.05, 0) is 29.8 Å². The van der Waals surface area contributed by atoms with Crippen molar-refractivity contribution in [3.63, 3.8) is 0 Å². The lowest BCUT2D eigenvalue weighted by molar-refractivity contribution is -0.114. The summed E-state index contributed by atoms with van der Waals surface area (Å²) >= 11 is 0. The Morgan fingerprint density at radius 3 is 2.21 bits per heavy atom. The monoisotopic (exact) mass is 375 g/mol. The third-order valence-corrected chi connectivity index (χ3v) is 3.96. The van der Waals surface area contributed by atoms with Crippen LogP contribution in [0.15, 0.2) is 67.0 Å². The molecule has 0 radical (unpaired) electrons. The Morgan fingerprint density at radius 2 is 1.61 bits per heavy atom. The first-order chi connectivity index (χ1) is 13.5. The summed E-state index contributed by atoms with van der Waals surface area (Å²) in [4.78, 5) is 33.7. The largest absolute Gasteiger partial charge is 0.339 e. The van der Waals surface area contributed by atoms with Crippen LogP contribution >= 0.6 is 0 Å². The molecule has 0 aliphatic rings. The van der Waals surface area contributed by atoms with Gasteiger partial charge in [0.25, 0.3) is 5.91 Å². The molecule has 0 saturated heterocycles. The van der Waals surface area contributed by atoms with Crippen molar-refractivity contribution in [3.05, 3.63) is 78.2 Å². The second-order valence-corrected chi connectivity index (χ2v) is 6.32. The topological polar surface area (TPSA) is 87.2 Å². The van der Waals surface area contributed by atoms with E-state index in [9.17, 15) is 9.59 Å². The Morgan fingerprint density at radius 1 is 0.929 bits per heavy atom. The van der Waals surface area contributed by atoms with Gasteiger partial charge in [0.2, 0.25) is 5.91 Å². The van der Waals surface area contributed by atoms with E-state index in [2.05, 4.69) is 20.6 Å². The molecule has 0 bridgehead atoms. The van der Waals surface area contributed by atoms with Crippen LogP contribution in [0.25, 0.3) is 0 Å². The number of carbonyl (C=O) groups is 2. The average molecular weight is 375 g/mol. The minimum Gasteiger partial charge on any atom is -0.339 e. The van der Waals surface area contributed by atoms with E-state index in [0.717, 1.165) is 11.3 Å². The number of amides is 2. The second kappa shape index (κ2) is 8.77. The molecule has 2 amide bonds. The molecule has 0 unspecified atom stereocenters. The number of carbonyl (C=O) groups excluding carboxylic acids is 2. The molecular formula is C21H21N5O2. The molecule has 0 spiro atoms. The van der Waals surface area contributed by atoms with Crippen LogP contribution in [-0.4, -0.2) is 33.7 Å². The van der Waals surface area contributed by atoms with Gasteiger partial charge in [0.05, 0.1) is 12.4 Å². The summed E-state index contributed by atoms with van der Waals surface area (Å²) in [5.41, 5.74) is 2.84. The number of hydrogen-bond acceptors (Lipinski definition) is 5. The van der Waals surface area contributed by atoms with Gasteiger partial charge in [-0.2, -0.15) is 0 Å². The van der Waals surface area contributed by atoms with Gasteiger partial charge in [-0.1, -0.05) is 30.3 Å². The number of rotatable bonds is 6. The van der Waals surface area contributed by atoms with Gasteiger partial charge >= 0.3 is 0 Å². The maximum Gasteiger partial charge on any atom is 0.274 e. The van der Waals surface area contributed by atoms with Crippen LogP contribution in [0.2, 0.25) is 0 Å². The molecule has 3 aromatic rings. The molecule has 0 atom stereocenters. The predicted octanol–water partition coefficient (Wildman–Crippen LogP) is 3.45. The summed E-state index contributed by atoms with van der Waals surface area (Å²) in [5, 5.41) is 5.82. The second-order valence-electron chi connectivity index (χ2n) is 6.32. The van der Waals surface area contributed by atoms with Gasteiger partial charge in [0.1, 0.15) is 11.5 Å². The summed E-state index contributed by atoms with van der Waals surface area (Å²) in [6, 6.07) is 17.0. The minimum atomic E-state index is -0.192. The molecule has 1 heterocycles. The van der Waals surface area contributed by atoms with Crippen LogP contribution in [-0.2, 0) is 11.3 Å². The van der Waals surface area contributed by atoms with Gasteiger partial charge in [0, 0.05) is 31.9 Å². The lowest BCUT2D eigenvalue weighted by atomic mass is 10.2.